The highest BCUT2D eigenvalue weighted by Crippen LogP contribution is 2.40. The summed E-state index contributed by atoms with van der Waals surface area (Å²) in [5.41, 5.74) is 6.85. The number of anilines is 2. The Labute approximate surface area is 147 Å². The predicted molar refractivity (Wildman–Crippen MR) is 94.3 cm³/mol. The van der Waals surface area contributed by atoms with Gasteiger partial charge in [-0.2, -0.15) is 4.98 Å². The highest BCUT2D eigenvalue weighted by molar-refractivity contribution is 7.10. The smallest absolute Gasteiger partial charge is 0.241 e. The molecule has 1 aromatic carbocycles. The zero-order valence-electron chi connectivity index (χ0n) is 11.9. The molecular formula is C15H13Cl2N5S. The summed E-state index contributed by atoms with van der Waals surface area (Å²) in [5.74, 6) is 0.937. The molecule has 0 bridgehead atoms. The Morgan fingerprint density at radius 1 is 1.26 bits per heavy atom. The maximum absolute atomic E-state index is 6.16. The van der Waals surface area contributed by atoms with Crippen molar-refractivity contribution >= 4 is 46.4 Å². The van der Waals surface area contributed by atoms with Gasteiger partial charge in [-0.1, -0.05) is 35.3 Å². The predicted octanol–water partition coefficient (Wildman–Crippen LogP) is 4.37. The van der Waals surface area contributed by atoms with Crippen molar-refractivity contribution < 1.29 is 0 Å². The number of aromatic nitrogens is 3. The van der Waals surface area contributed by atoms with Crippen molar-refractivity contribution in [3.8, 4) is 0 Å². The molecular weight excluding hydrogens is 353 g/mol. The summed E-state index contributed by atoms with van der Waals surface area (Å²) >= 11 is 13.9. The van der Waals surface area contributed by atoms with Gasteiger partial charge in [0.1, 0.15) is 0 Å². The third kappa shape index (κ3) is 2.67. The van der Waals surface area contributed by atoms with Crippen molar-refractivity contribution in [1.82, 2.24) is 14.8 Å². The molecule has 0 amide bonds. The van der Waals surface area contributed by atoms with Crippen LogP contribution in [0.5, 0.6) is 0 Å². The van der Waals surface area contributed by atoms with Gasteiger partial charge in [0, 0.05) is 4.88 Å². The zero-order valence-corrected chi connectivity index (χ0v) is 14.2. The first-order valence-electron chi connectivity index (χ1n) is 7.08. The quantitative estimate of drug-likeness (QED) is 0.707. The molecule has 0 unspecified atom stereocenters. The molecule has 0 saturated carbocycles. The molecule has 0 radical (unpaired) electrons. The standard InChI is InChI=1S/C15H13Cl2N5S/c16-9-4-3-8(6-10(9)17)11-7-12(13-2-1-5-23-13)22-15(19-11)20-14(18)21-22/h1-6,11-12H,7H2,(H3,18,19,20,21)/t11-,12+/m0/s1. The van der Waals surface area contributed by atoms with Crippen LogP contribution in [0.4, 0.5) is 11.9 Å². The van der Waals surface area contributed by atoms with Crippen molar-refractivity contribution in [3.63, 3.8) is 0 Å². The first-order valence-corrected chi connectivity index (χ1v) is 8.72. The maximum atomic E-state index is 6.16. The molecule has 4 rings (SSSR count). The van der Waals surface area contributed by atoms with Gasteiger partial charge in [0.15, 0.2) is 0 Å². The Morgan fingerprint density at radius 3 is 2.87 bits per heavy atom. The van der Waals surface area contributed by atoms with Crippen molar-refractivity contribution in [2.45, 2.75) is 18.5 Å². The minimum absolute atomic E-state index is 0.0629. The van der Waals surface area contributed by atoms with Crippen LogP contribution in [0.3, 0.4) is 0 Å². The van der Waals surface area contributed by atoms with Crippen LogP contribution in [0.25, 0.3) is 0 Å². The summed E-state index contributed by atoms with van der Waals surface area (Å²) in [6.07, 6.45) is 0.828. The van der Waals surface area contributed by atoms with Crippen LogP contribution in [-0.4, -0.2) is 14.8 Å². The lowest BCUT2D eigenvalue weighted by atomic mass is 9.97. The molecule has 0 fully saturated rings. The van der Waals surface area contributed by atoms with Crippen LogP contribution >= 0.6 is 34.5 Å². The Hall–Kier alpha value is -1.76. The van der Waals surface area contributed by atoms with Crippen LogP contribution < -0.4 is 11.1 Å². The van der Waals surface area contributed by atoms with Crippen molar-refractivity contribution in [2.75, 3.05) is 11.1 Å². The van der Waals surface area contributed by atoms with E-state index in [-0.39, 0.29) is 18.0 Å². The van der Waals surface area contributed by atoms with Crippen molar-refractivity contribution in [2.24, 2.45) is 0 Å². The minimum Gasteiger partial charge on any atom is -0.366 e. The fourth-order valence-corrected chi connectivity index (χ4v) is 3.99. The highest BCUT2D eigenvalue weighted by atomic mass is 35.5. The molecule has 1 aliphatic rings. The lowest BCUT2D eigenvalue weighted by Crippen LogP contribution is -2.27. The molecule has 5 nitrogen and oxygen atoms in total. The fraction of sp³-hybridized carbons (Fsp3) is 0.200. The molecule has 1 aliphatic heterocycles. The van der Waals surface area contributed by atoms with Gasteiger partial charge in [0.2, 0.25) is 11.9 Å². The number of hydrogen-bond donors (Lipinski definition) is 2. The minimum atomic E-state index is 0.0629. The Balaban J connectivity index is 1.75. The van der Waals surface area contributed by atoms with E-state index in [0.29, 0.717) is 16.0 Å². The summed E-state index contributed by atoms with van der Waals surface area (Å²) < 4.78 is 1.86. The van der Waals surface area contributed by atoms with E-state index in [4.69, 9.17) is 28.9 Å². The van der Waals surface area contributed by atoms with E-state index < -0.39 is 0 Å². The lowest BCUT2D eigenvalue weighted by Gasteiger charge is -2.31. The molecule has 23 heavy (non-hydrogen) atoms. The number of nitrogens with two attached hydrogens (primary N) is 1. The van der Waals surface area contributed by atoms with Gasteiger partial charge in [0.05, 0.1) is 22.1 Å². The van der Waals surface area contributed by atoms with Gasteiger partial charge in [-0.15, -0.1) is 16.4 Å². The monoisotopic (exact) mass is 365 g/mol. The van der Waals surface area contributed by atoms with Gasteiger partial charge in [-0.3, -0.25) is 0 Å². The molecule has 118 valence electrons. The second kappa shape index (κ2) is 5.70. The van der Waals surface area contributed by atoms with E-state index in [2.05, 4.69) is 26.8 Å². The second-order valence-corrected chi connectivity index (χ2v) is 7.17. The largest absolute Gasteiger partial charge is 0.366 e. The molecule has 3 aromatic rings. The molecule has 0 spiro atoms. The zero-order chi connectivity index (χ0) is 16.0. The number of nitrogen functional groups attached to an aromatic ring is 1. The second-order valence-electron chi connectivity index (χ2n) is 5.38. The van der Waals surface area contributed by atoms with E-state index in [1.165, 1.54) is 4.88 Å². The van der Waals surface area contributed by atoms with Crippen LogP contribution in [0, 0.1) is 0 Å². The number of rotatable bonds is 2. The number of nitrogens with one attached hydrogen (secondary N) is 1. The molecule has 0 aliphatic carbocycles. The van der Waals surface area contributed by atoms with Gasteiger partial charge < -0.3 is 11.1 Å². The van der Waals surface area contributed by atoms with Crippen LogP contribution in [0.1, 0.15) is 28.9 Å². The van der Waals surface area contributed by atoms with Gasteiger partial charge in [-0.05, 0) is 35.6 Å². The molecule has 0 saturated heterocycles. The molecule has 2 aromatic heterocycles. The third-order valence-electron chi connectivity index (χ3n) is 3.92. The molecule has 2 atom stereocenters. The number of halogens is 2. The lowest BCUT2D eigenvalue weighted by molar-refractivity contribution is 0.437. The molecule has 3 N–H and O–H groups in total. The number of benzene rings is 1. The molecule has 8 heteroatoms. The first kappa shape index (κ1) is 14.8. The number of hydrogen-bond acceptors (Lipinski definition) is 5. The fourth-order valence-electron chi connectivity index (χ4n) is 2.86. The van der Waals surface area contributed by atoms with E-state index in [1.807, 2.05) is 28.9 Å². The average molecular weight is 366 g/mol. The normalized spacial score (nSPS) is 20.1. The van der Waals surface area contributed by atoms with Gasteiger partial charge in [-0.25, -0.2) is 4.68 Å². The van der Waals surface area contributed by atoms with E-state index in [9.17, 15) is 0 Å². The molecule has 3 heterocycles. The summed E-state index contributed by atoms with van der Waals surface area (Å²) in [5, 5.41) is 10.9. The SMILES string of the molecule is Nc1nc2n(n1)[C@@H](c1cccs1)C[C@@H](c1ccc(Cl)c(Cl)c1)N2. The van der Waals surface area contributed by atoms with Gasteiger partial charge >= 0.3 is 0 Å². The maximum Gasteiger partial charge on any atom is 0.241 e. The van der Waals surface area contributed by atoms with Crippen molar-refractivity contribution in [3.05, 3.63) is 56.2 Å². The Kier molecular flexibility index (Phi) is 3.67. The third-order valence-corrected chi connectivity index (χ3v) is 5.64. The van der Waals surface area contributed by atoms with Crippen LogP contribution in [-0.2, 0) is 0 Å². The summed E-state index contributed by atoms with van der Waals surface area (Å²) in [4.78, 5) is 5.52. The summed E-state index contributed by atoms with van der Waals surface area (Å²) in [6.45, 7) is 0. The number of thiophene rings is 1. The summed E-state index contributed by atoms with van der Waals surface area (Å²) in [7, 11) is 0. The summed E-state index contributed by atoms with van der Waals surface area (Å²) in [6, 6.07) is 9.98. The van der Waals surface area contributed by atoms with Crippen LogP contribution in [0.15, 0.2) is 35.7 Å². The highest BCUT2D eigenvalue weighted by Gasteiger charge is 2.31. The Bertz CT molecular complexity index is 846. The number of fused-ring (bicyclic) bond motifs is 1. The number of nitrogens with zero attached hydrogens (tertiary/aromatic N) is 3. The van der Waals surface area contributed by atoms with E-state index in [0.717, 1.165) is 12.0 Å². The van der Waals surface area contributed by atoms with E-state index in [1.54, 1.807) is 11.3 Å². The van der Waals surface area contributed by atoms with Crippen molar-refractivity contribution in [1.29, 1.82) is 0 Å². The topological polar surface area (TPSA) is 68.8 Å². The van der Waals surface area contributed by atoms with E-state index >= 15 is 0 Å². The Morgan fingerprint density at radius 2 is 2.13 bits per heavy atom. The van der Waals surface area contributed by atoms with Crippen LogP contribution in [0.2, 0.25) is 10.0 Å². The first-order chi connectivity index (χ1) is 11.1. The van der Waals surface area contributed by atoms with Gasteiger partial charge in [0.25, 0.3) is 0 Å². The average Bonchev–Trinajstić information content (AvgIpc) is 3.17.